The van der Waals surface area contributed by atoms with E-state index >= 15 is 0 Å². The van der Waals surface area contributed by atoms with Crippen molar-refractivity contribution in [2.45, 2.75) is 43.9 Å². The smallest absolute Gasteiger partial charge is 0.227 e. The lowest BCUT2D eigenvalue weighted by atomic mass is 9.77. The van der Waals surface area contributed by atoms with E-state index in [0.717, 1.165) is 17.9 Å². The third kappa shape index (κ3) is 3.46. The number of nitrogens with two attached hydrogens (primary N) is 1. The molecule has 1 heterocycles. The Bertz CT molecular complexity index is 561. The first-order chi connectivity index (χ1) is 11.6. The zero-order chi connectivity index (χ0) is 17.0. The predicted molar refractivity (Wildman–Crippen MR) is 96.1 cm³/mol. The minimum Gasteiger partial charge on any atom is -0.381 e. The Labute approximate surface area is 149 Å². The zero-order valence-electron chi connectivity index (χ0n) is 14.2. The SMILES string of the molecule is NCC1(C(=O)NCC2(c3ccc(Cl)cc3)CCCC2)CCOCC1. The summed E-state index contributed by atoms with van der Waals surface area (Å²) in [6, 6.07) is 8.09. The van der Waals surface area contributed by atoms with E-state index in [-0.39, 0.29) is 11.3 Å². The molecule has 24 heavy (non-hydrogen) atoms. The van der Waals surface area contributed by atoms with Crippen molar-refractivity contribution in [2.24, 2.45) is 11.1 Å². The molecule has 4 nitrogen and oxygen atoms in total. The van der Waals surface area contributed by atoms with Crippen LogP contribution >= 0.6 is 11.6 Å². The number of carbonyl (C=O) groups is 1. The maximum absolute atomic E-state index is 12.9. The first-order valence-electron chi connectivity index (χ1n) is 8.92. The van der Waals surface area contributed by atoms with Gasteiger partial charge in [-0.1, -0.05) is 36.6 Å². The van der Waals surface area contributed by atoms with Gasteiger partial charge in [0, 0.05) is 36.7 Å². The van der Waals surface area contributed by atoms with Gasteiger partial charge in [0.25, 0.3) is 0 Å². The molecular formula is C19H27ClN2O2. The summed E-state index contributed by atoms with van der Waals surface area (Å²) in [4.78, 5) is 12.9. The minimum atomic E-state index is -0.460. The van der Waals surface area contributed by atoms with Crippen LogP contribution in [0.5, 0.6) is 0 Å². The Balaban J connectivity index is 1.72. The number of hydrogen-bond acceptors (Lipinski definition) is 3. The standard InChI is InChI=1S/C19H27ClN2O2/c20-16-5-3-15(4-6-16)19(7-1-2-8-19)14-22-17(23)18(13-21)9-11-24-12-10-18/h3-6H,1-2,7-14,21H2,(H,22,23). The topological polar surface area (TPSA) is 64.4 Å². The number of hydrogen-bond donors (Lipinski definition) is 2. The van der Waals surface area contributed by atoms with Crippen molar-refractivity contribution in [3.05, 3.63) is 34.9 Å². The molecule has 5 heteroatoms. The van der Waals surface area contributed by atoms with Gasteiger partial charge in [-0.25, -0.2) is 0 Å². The lowest BCUT2D eigenvalue weighted by molar-refractivity contribution is -0.136. The zero-order valence-corrected chi connectivity index (χ0v) is 14.9. The highest BCUT2D eigenvalue weighted by Crippen LogP contribution is 2.41. The molecule has 2 aliphatic rings. The van der Waals surface area contributed by atoms with Crippen molar-refractivity contribution in [1.82, 2.24) is 5.32 Å². The molecule has 2 fully saturated rings. The fraction of sp³-hybridized carbons (Fsp3) is 0.632. The molecule has 132 valence electrons. The summed E-state index contributed by atoms with van der Waals surface area (Å²) >= 11 is 6.03. The summed E-state index contributed by atoms with van der Waals surface area (Å²) in [7, 11) is 0. The Morgan fingerprint density at radius 2 is 1.75 bits per heavy atom. The van der Waals surface area contributed by atoms with Crippen molar-refractivity contribution < 1.29 is 9.53 Å². The first kappa shape index (κ1) is 17.7. The van der Waals surface area contributed by atoms with Gasteiger partial charge in [0.05, 0.1) is 5.41 Å². The van der Waals surface area contributed by atoms with Crippen molar-refractivity contribution in [1.29, 1.82) is 0 Å². The Kier molecular flexibility index (Phi) is 5.48. The van der Waals surface area contributed by atoms with Gasteiger partial charge in [0.1, 0.15) is 0 Å². The number of ether oxygens (including phenoxy) is 1. The lowest BCUT2D eigenvalue weighted by Crippen LogP contribution is -2.51. The van der Waals surface area contributed by atoms with Crippen LogP contribution in [0.15, 0.2) is 24.3 Å². The van der Waals surface area contributed by atoms with Crippen LogP contribution in [0, 0.1) is 5.41 Å². The largest absolute Gasteiger partial charge is 0.381 e. The van der Waals surface area contributed by atoms with Gasteiger partial charge in [-0.15, -0.1) is 0 Å². The molecule has 3 rings (SSSR count). The van der Waals surface area contributed by atoms with Crippen LogP contribution in [0.2, 0.25) is 5.02 Å². The van der Waals surface area contributed by atoms with Crippen molar-refractivity contribution in [3.63, 3.8) is 0 Å². The normalized spacial score (nSPS) is 22.2. The van der Waals surface area contributed by atoms with Gasteiger partial charge in [-0.05, 0) is 43.4 Å². The van der Waals surface area contributed by atoms with Crippen LogP contribution < -0.4 is 11.1 Å². The van der Waals surface area contributed by atoms with E-state index in [4.69, 9.17) is 22.1 Å². The summed E-state index contributed by atoms with van der Waals surface area (Å²) in [6.07, 6.45) is 6.04. The van der Waals surface area contributed by atoms with E-state index in [1.165, 1.54) is 18.4 Å². The monoisotopic (exact) mass is 350 g/mol. The Morgan fingerprint density at radius 1 is 1.12 bits per heavy atom. The third-order valence-electron chi connectivity index (χ3n) is 5.93. The number of carbonyl (C=O) groups excluding carboxylic acids is 1. The fourth-order valence-electron chi connectivity index (χ4n) is 4.15. The van der Waals surface area contributed by atoms with E-state index in [1.54, 1.807) is 0 Å². The third-order valence-corrected chi connectivity index (χ3v) is 6.18. The number of rotatable bonds is 5. The van der Waals surface area contributed by atoms with Gasteiger partial charge >= 0.3 is 0 Å². The van der Waals surface area contributed by atoms with Crippen molar-refractivity contribution in [2.75, 3.05) is 26.3 Å². The molecule has 3 N–H and O–H groups in total. The fourth-order valence-corrected chi connectivity index (χ4v) is 4.27. The molecule has 1 aliphatic carbocycles. The van der Waals surface area contributed by atoms with E-state index in [2.05, 4.69) is 17.4 Å². The summed E-state index contributed by atoms with van der Waals surface area (Å²) in [5.74, 6) is 0.0912. The van der Waals surface area contributed by atoms with Crippen molar-refractivity contribution in [3.8, 4) is 0 Å². The molecule has 0 unspecified atom stereocenters. The van der Waals surface area contributed by atoms with Crippen LogP contribution in [0.3, 0.4) is 0 Å². The minimum absolute atomic E-state index is 0.0290. The molecule has 0 bridgehead atoms. The molecule has 1 saturated carbocycles. The average Bonchev–Trinajstić information content (AvgIpc) is 3.11. The number of amides is 1. The molecule has 1 aromatic carbocycles. The van der Waals surface area contributed by atoms with Gasteiger partial charge in [0.2, 0.25) is 5.91 Å². The molecule has 1 amide bonds. The first-order valence-corrected chi connectivity index (χ1v) is 9.30. The van der Waals surface area contributed by atoms with E-state index < -0.39 is 5.41 Å². The quantitative estimate of drug-likeness (QED) is 0.857. The van der Waals surface area contributed by atoms with Crippen LogP contribution in [-0.2, 0) is 14.9 Å². The molecule has 0 spiro atoms. The second-order valence-electron chi connectivity index (χ2n) is 7.27. The number of benzene rings is 1. The second kappa shape index (κ2) is 7.42. The maximum Gasteiger partial charge on any atom is 0.227 e. The van der Waals surface area contributed by atoms with E-state index in [9.17, 15) is 4.79 Å². The highest BCUT2D eigenvalue weighted by atomic mass is 35.5. The van der Waals surface area contributed by atoms with Crippen LogP contribution in [0.4, 0.5) is 0 Å². The number of nitrogens with one attached hydrogen (secondary N) is 1. The summed E-state index contributed by atoms with van der Waals surface area (Å²) in [5, 5.41) is 3.98. The maximum atomic E-state index is 12.9. The van der Waals surface area contributed by atoms with Gasteiger partial charge in [0.15, 0.2) is 0 Å². The highest BCUT2D eigenvalue weighted by molar-refractivity contribution is 6.30. The molecule has 0 radical (unpaired) electrons. The molecular weight excluding hydrogens is 324 g/mol. The second-order valence-corrected chi connectivity index (χ2v) is 7.71. The average molecular weight is 351 g/mol. The van der Waals surface area contributed by atoms with E-state index in [1.807, 2.05) is 12.1 Å². The lowest BCUT2D eigenvalue weighted by Gasteiger charge is -2.37. The Morgan fingerprint density at radius 3 is 2.33 bits per heavy atom. The summed E-state index contributed by atoms with van der Waals surface area (Å²) in [6.45, 7) is 2.30. The summed E-state index contributed by atoms with van der Waals surface area (Å²) in [5.41, 5.74) is 6.80. The van der Waals surface area contributed by atoms with E-state index in [0.29, 0.717) is 39.1 Å². The molecule has 0 atom stereocenters. The Hall–Kier alpha value is -1.10. The molecule has 1 aliphatic heterocycles. The molecule has 0 aromatic heterocycles. The molecule has 1 aromatic rings. The molecule has 1 saturated heterocycles. The van der Waals surface area contributed by atoms with Crippen LogP contribution in [0.25, 0.3) is 0 Å². The van der Waals surface area contributed by atoms with Gasteiger partial charge < -0.3 is 15.8 Å². The van der Waals surface area contributed by atoms with Crippen LogP contribution in [0.1, 0.15) is 44.1 Å². The van der Waals surface area contributed by atoms with Crippen LogP contribution in [-0.4, -0.2) is 32.2 Å². The number of halogens is 1. The summed E-state index contributed by atoms with van der Waals surface area (Å²) < 4.78 is 5.41. The van der Waals surface area contributed by atoms with Gasteiger partial charge in [-0.2, -0.15) is 0 Å². The highest BCUT2D eigenvalue weighted by Gasteiger charge is 2.41. The predicted octanol–water partition coefficient (Wildman–Crippen LogP) is 3.02. The van der Waals surface area contributed by atoms with Crippen molar-refractivity contribution >= 4 is 17.5 Å². The van der Waals surface area contributed by atoms with Gasteiger partial charge in [-0.3, -0.25) is 4.79 Å².